The van der Waals surface area contributed by atoms with E-state index in [9.17, 15) is 0 Å². The lowest BCUT2D eigenvalue weighted by molar-refractivity contribution is 0.819. The van der Waals surface area contributed by atoms with E-state index < -0.39 is 0 Å². The van der Waals surface area contributed by atoms with Crippen LogP contribution in [0.1, 0.15) is 18.2 Å². The van der Waals surface area contributed by atoms with Gasteiger partial charge in [0.25, 0.3) is 0 Å². The van der Waals surface area contributed by atoms with E-state index in [1.165, 1.54) is 27.4 Å². The van der Waals surface area contributed by atoms with E-state index in [2.05, 4.69) is 77.1 Å². The number of aryl methyl sites for hydroxylation is 1. The monoisotopic (exact) mass is 366 g/mol. The molecule has 2 heterocycles. The first-order chi connectivity index (χ1) is 10.9. The summed E-state index contributed by atoms with van der Waals surface area (Å²) in [6.45, 7) is 3.16. The molecule has 0 fully saturated rings. The number of nitrogens with zero attached hydrogens (tertiary/aromatic N) is 2. The summed E-state index contributed by atoms with van der Waals surface area (Å²) in [5.41, 5.74) is 5.02. The number of hydrogen-bond acceptors (Lipinski definition) is 1. The Morgan fingerprint density at radius 2 is 1.61 bits per heavy atom. The zero-order valence-electron chi connectivity index (χ0n) is 13.1. The molecule has 23 heavy (non-hydrogen) atoms. The molecule has 0 aliphatic carbocycles. The predicted molar refractivity (Wildman–Crippen MR) is 102 cm³/mol. The maximum atomic E-state index is 4.69. The van der Waals surface area contributed by atoms with Gasteiger partial charge >= 0.3 is 0 Å². The highest BCUT2D eigenvalue weighted by atomic mass is 79.9. The van der Waals surface area contributed by atoms with Crippen LogP contribution in [0, 0.1) is 0 Å². The smallest absolute Gasteiger partial charge is 0.0713 e. The molecule has 0 aliphatic rings. The Bertz CT molecular complexity index is 942. The molecule has 3 heteroatoms. The fourth-order valence-corrected chi connectivity index (χ4v) is 3.32. The molecule has 0 unspecified atom stereocenters. The summed E-state index contributed by atoms with van der Waals surface area (Å²) in [6.07, 6.45) is 2.81. The average Bonchev–Trinajstić information content (AvgIpc) is 2.91. The van der Waals surface area contributed by atoms with Crippen molar-refractivity contribution in [2.45, 2.75) is 19.9 Å². The maximum absolute atomic E-state index is 4.69. The second-order valence-corrected chi connectivity index (χ2v) is 5.58. The van der Waals surface area contributed by atoms with Crippen molar-refractivity contribution in [2.24, 2.45) is 0 Å². The molecule has 0 N–H and O–H groups in total. The van der Waals surface area contributed by atoms with Gasteiger partial charge < -0.3 is 4.57 Å². The number of halogens is 1. The molecule has 2 aromatic heterocycles. The van der Waals surface area contributed by atoms with Gasteiger partial charge in [0.2, 0.25) is 0 Å². The normalized spacial score (nSPS) is 10.8. The lowest BCUT2D eigenvalue weighted by Crippen LogP contribution is -2.00. The highest BCUT2D eigenvalue weighted by Gasteiger charge is 2.13. The van der Waals surface area contributed by atoms with Crippen molar-refractivity contribution in [1.82, 2.24) is 9.55 Å². The van der Waals surface area contributed by atoms with E-state index in [1.54, 1.807) is 0 Å². The molecule has 2 nitrogen and oxygen atoms in total. The van der Waals surface area contributed by atoms with Gasteiger partial charge in [-0.2, -0.15) is 0 Å². The van der Waals surface area contributed by atoms with Crippen LogP contribution in [0.4, 0.5) is 0 Å². The second-order valence-electron chi connectivity index (χ2n) is 5.58. The summed E-state index contributed by atoms with van der Waals surface area (Å²) in [7, 11) is 0. The van der Waals surface area contributed by atoms with E-state index >= 15 is 0 Å². The van der Waals surface area contributed by atoms with E-state index in [1.807, 2.05) is 6.20 Å². The number of para-hydroxylation sites is 1. The van der Waals surface area contributed by atoms with Crippen molar-refractivity contribution in [3.63, 3.8) is 0 Å². The van der Waals surface area contributed by atoms with Gasteiger partial charge in [0.15, 0.2) is 0 Å². The number of rotatable bonds is 3. The molecule has 0 saturated carbocycles. The molecule has 116 valence electrons. The third-order valence-corrected chi connectivity index (χ3v) is 4.29. The van der Waals surface area contributed by atoms with Gasteiger partial charge in [-0.15, -0.1) is 17.0 Å². The molecule has 0 bridgehead atoms. The first kappa shape index (κ1) is 15.8. The molecule has 4 aromatic rings. The molecule has 0 radical (unpaired) electrons. The van der Waals surface area contributed by atoms with Crippen LogP contribution in [-0.2, 0) is 13.0 Å². The van der Waals surface area contributed by atoms with Crippen molar-refractivity contribution in [3.05, 3.63) is 78.1 Å². The van der Waals surface area contributed by atoms with Gasteiger partial charge in [0.1, 0.15) is 0 Å². The summed E-state index contributed by atoms with van der Waals surface area (Å²) in [4.78, 5) is 4.69. The van der Waals surface area contributed by atoms with Gasteiger partial charge in [-0.05, 0) is 24.6 Å². The van der Waals surface area contributed by atoms with Crippen LogP contribution in [-0.4, -0.2) is 9.55 Å². The number of aromatic nitrogens is 2. The first-order valence-electron chi connectivity index (χ1n) is 7.77. The molecule has 4 rings (SSSR count). The molecule has 0 aliphatic heterocycles. The van der Waals surface area contributed by atoms with Gasteiger partial charge in [0.05, 0.1) is 11.2 Å². The SMILES string of the molecule is Br.CCn1c2ccccc2c2ccnc(Cc3ccccc3)c21. The molecule has 0 saturated heterocycles. The Kier molecular flexibility index (Phi) is 4.49. The summed E-state index contributed by atoms with van der Waals surface area (Å²) < 4.78 is 2.38. The summed E-state index contributed by atoms with van der Waals surface area (Å²) >= 11 is 0. The third-order valence-electron chi connectivity index (χ3n) is 4.29. The molecule has 0 atom stereocenters. The van der Waals surface area contributed by atoms with E-state index in [0.717, 1.165) is 18.7 Å². The quantitative estimate of drug-likeness (QED) is 0.476. The Morgan fingerprint density at radius 3 is 2.39 bits per heavy atom. The topological polar surface area (TPSA) is 17.8 Å². The number of benzene rings is 2. The lowest BCUT2D eigenvalue weighted by atomic mass is 10.1. The van der Waals surface area contributed by atoms with Crippen LogP contribution in [0.3, 0.4) is 0 Å². The lowest BCUT2D eigenvalue weighted by Gasteiger charge is -2.08. The minimum Gasteiger partial charge on any atom is -0.339 e. The van der Waals surface area contributed by atoms with E-state index in [-0.39, 0.29) is 17.0 Å². The van der Waals surface area contributed by atoms with Gasteiger partial charge in [-0.1, -0.05) is 48.5 Å². The van der Waals surface area contributed by atoms with Crippen LogP contribution < -0.4 is 0 Å². The number of pyridine rings is 1. The maximum Gasteiger partial charge on any atom is 0.0713 e. The van der Waals surface area contributed by atoms with Crippen molar-refractivity contribution < 1.29 is 0 Å². The van der Waals surface area contributed by atoms with Crippen molar-refractivity contribution in [2.75, 3.05) is 0 Å². The van der Waals surface area contributed by atoms with Crippen molar-refractivity contribution in [3.8, 4) is 0 Å². The standard InChI is InChI=1S/C20H18N2.BrH/c1-2-22-19-11-7-6-10-16(19)17-12-13-21-18(20(17)22)14-15-8-4-3-5-9-15;/h3-13H,2,14H2,1H3;1H. The minimum absolute atomic E-state index is 0. The Labute approximate surface area is 146 Å². The highest BCUT2D eigenvalue weighted by Crippen LogP contribution is 2.31. The average molecular weight is 367 g/mol. The predicted octanol–water partition coefficient (Wildman–Crippen LogP) is 5.38. The number of fused-ring (bicyclic) bond motifs is 3. The Balaban J connectivity index is 0.00000156. The van der Waals surface area contributed by atoms with E-state index in [0.29, 0.717) is 0 Å². The molecular weight excluding hydrogens is 348 g/mol. The van der Waals surface area contributed by atoms with E-state index in [4.69, 9.17) is 0 Å². The van der Waals surface area contributed by atoms with Crippen LogP contribution in [0.15, 0.2) is 66.9 Å². The Morgan fingerprint density at radius 1 is 0.870 bits per heavy atom. The molecule has 2 aromatic carbocycles. The van der Waals surface area contributed by atoms with Crippen LogP contribution in [0.5, 0.6) is 0 Å². The van der Waals surface area contributed by atoms with Gasteiger partial charge in [-0.25, -0.2) is 0 Å². The fourth-order valence-electron chi connectivity index (χ4n) is 3.32. The molecule has 0 spiro atoms. The molecular formula is C20H19BrN2. The van der Waals surface area contributed by atoms with Crippen molar-refractivity contribution in [1.29, 1.82) is 0 Å². The summed E-state index contributed by atoms with van der Waals surface area (Å²) in [5, 5.41) is 2.62. The second kappa shape index (κ2) is 6.55. The Hall–Kier alpha value is -2.13. The minimum atomic E-state index is 0. The zero-order chi connectivity index (χ0) is 14.9. The highest BCUT2D eigenvalue weighted by molar-refractivity contribution is 8.93. The molecule has 0 amide bonds. The van der Waals surface area contributed by atoms with Crippen LogP contribution in [0.2, 0.25) is 0 Å². The third kappa shape index (κ3) is 2.66. The van der Waals surface area contributed by atoms with Gasteiger partial charge in [-0.3, -0.25) is 4.98 Å². The zero-order valence-corrected chi connectivity index (χ0v) is 14.8. The first-order valence-corrected chi connectivity index (χ1v) is 7.77. The van der Waals surface area contributed by atoms with Crippen LogP contribution >= 0.6 is 17.0 Å². The summed E-state index contributed by atoms with van der Waals surface area (Å²) in [6, 6.07) is 21.3. The largest absolute Gasteiger partial charge is 0.339 e. The fraction of sp³-hybridized carbons (Fsp3) is 0.150. The summed E-state index contributed by atoms with van der Waals surface area (Å²) in [5.74, 6) is 0. The van der Waals surface area contributed by atoms with Crippen molar-refractivity contribution >= 4 is 38.8 Å². The van der Waals surface area contributed by atoms with Crippen LogP contribution in [0.25, 0.3) is 21.8 Å². The number of hydrogen-bond donors (Lipinski definition) is 0. The van der Waals surface area contributed by atoms with Gasteiger partial charge in [0, 0.05) is 35.5 Å².